The van der Waals surface area contributed by atoms with Crippen molar-refractivity contribution in [1.82, 2.24) is 0 Å². The van der Waals surface area contributed by atoms with E-state index in [0.717, 1.165) is 0 Å². The molecule has 7 nitrogen and oxygen atoms in total. The predicted octanol–water partition coefficient (Wildman–Crippen LogP) is 3.08. The third-order valence-electron chi connectivity index (χ3n) is 2.68. The number of rotatable bonds is 4. The van der Waals surface area contributed by atoms with E-state index in [1.165, 1.54) is 25.1 Å². The number of carboxylic acids is 1. The van der Waals surface area contributed by atoms with Crippen LogP contribution in [0.25, 0.3) is 0 Å². The Bertz CT molecular complexity index is 745. The molecule has 0 saturated heterocycles. The van der Waals surface area contributed by atoms with E-state index in [-0.39, 0.29) is 46.8 Å². The van der Waals surface area contributed by atoms with Gasteiger partial charge in [0.05, 0.1) is 11.4 Å². The first kappa shape index (κ1) is 18.8. The van der Waals surface area contributed by atoms with Gasteiger partial charge in [-0.05, 0) is 42.5 Å². The van der Waals surface area contributed by atoms with Gasteiger partial charge in [-0.3, -0.25) is 4.79 Å². The molecule has 0 atom stereocenters. The third kappa shape index (κ3) is 5.48. The number of hydrogen-bond acceptors (Lipinski definition) is 5. The minimum Gasteiger partial charge on any atom is -0.507 e. The quantitative estimate of drug-likeness (QED) is 0.593. The number of amides is 1. The fourth-order valence-electron chi connectivity index (χ4n) is 1.69. The van der Waals surface area contributed by atoms with Crippen molar-refractivity contribution in [2.45, 2.75) is 6.92 Å². The van der Waals surface area contributed by atoms with Crippen molar-refractivity contribution < 1.29 is 19.8 Å². The molecule has 0 aliphatic heterocycles. The first-order valence-electron chi connectivity index (χ1n) is 6.31. The summed E-state index contributed by atoms with van der Waals surface area (Å²) < 4.78 is 0. The van der Waals surface area contributed by atoms with Crippen LogP contribution in [0.2, 0.25) is 0 Å². The molecule has 3 N–H and O–H groups in total. The number of carbonyl (C=O) groups excluding carboxylic acids is 1. The van der Waals surface area contributed by atoms with Crippen molar-refractivity contribution in [2.75, 3.05) is 5.32 Å². The molecule has 0 heterocycles. The molecule has 0 aromatic heterocycles. The van der Waals surface area contributed by atoms with E-state index >= 15 is 0 Å². The molecule has 0 aliphatic rings. The summed E-state index contributed by atoms with van der Waals surface area (Å²) in [6.07, 6.45) is 0. The molecule has 2 aromatic rings. The Balaban J connectivity index is 0.00000264. The standard InChI is InChI=1S/C15H13N3O4.Na/c1-9(19)16-10-2-4-11(5-3-10)17-18-12-6-7-14(20)13(8-12)15(21)22;/h2-8,20H,1H3,(H,16,19)(H,21,22);. The van der Waals surface area contributed by atoms with Crippen molar-refractivity contribution in [1.29, 1.82) is 0 Å². The summed E-state index contributed by atoms with van der Waals surface area (Å²) in [5.41, 5.74) is 1.25. The number of aromatic carboxylic acids is 1. The molecule has 23 heavy (non-hydrogen) atoms. The maximum atomic E-state index is 10.9. The number of aromatic hydroxyl groups is 1. The molecule has 2 aromatic carbocycles. The normalized spacial score (nSPS) is 10.1. The number of carbonyl (C=O) groups is 2. The van der Waals surface area contributed by atoms with Crippen LogP contribution in [-0.4, -0.2) is 51.6 Å². The molecule has 0 unspecified atom stereocenters. The van der Waals surface area contributed by atoms with Gasteiger partial charge in [-0.15, -0.1) is 0 Å². The van der Waals surface area contributed by atoms with Crippen LogP contribution in [-0.2, 0) is 4.79 Å². The monoisotopic (exact) mass is 322 g/mol. The summed E-state index contributed by atoms with van der Waals surface area (Å²) in [5, 5.41) is 28.8. The van der Waals surface area contributed by atoms with Crippen molar-refractivity contribution in [3.8, 4) is 5.75 Å². The van der Waals surface area contributed by atoms with E-state index in [9.17, 15) is 14.7 Å². The molecule has 113 valence electrons. The topological polar surface area (TPSA) is 111 Å². The molecule has 1 radical (unpaired) electrons. The summed E-state index contributed by atoms with van der Waals surface area (Å²) in [6, 6.07) is 10.6. The second kappa shape index (κ2) is 8.42. The maximum absolute atomic E-state index is 10.9. The number of azo groups is 1. The van der Waals surface area contributed by atoms with Gasteiger partial charge in [-0.2, -0.15) is 10.2 Å². The summed E-state index contributed by atoms with van der Waals surface area (Å²) in [7, 11) is 0. The second-order valence-corrected chi connectivity index (χ2v) is 4.43. The van der Waals surface area contributed by atoms with Crippen LogP contribution in [0.4, 0.5) is 17.1 Å². The Kier molecular flexibility index (Phi) is 6.89. The first-order valence-corrected chi connectivity index (χ1v) is 6.31. The van der Waals surface area contributed by atoms with Crippen molar-refractivity contribution in [3.63, 3.8) is 0 Å². The van der Waals surface area contributed by atoms with Gasteiger partial charge in [0.2, 0.25) is 5.91 Å². The zero-order chi connectivity index (χ0) is 16.1. The minimum absolute atomic E-state index is 0. The van der Waals surface area contributed by atoms with Gasteiger partial charge < -0.3 is 15.5 Å². The van der Waals surface area contributed by atoms with Crippen molar-refractivity contribution in [2.24, 2.45) is 10.2 Å². The molecule has 0 bridgehead atoms. The molecule has 2 rings (SSSR count). The molecule has 0 aliphatic carbocycles. The Morgan fingerprint density at radius 1 is 1.00 bits per heavy atom. The smallest absolute Gasteiger partial charge is 0.339 e. The zero-order valence-electron chi connectivity index (χ0n) is 12.6. The number of phenols is 1. The number of nitrogens with one attached hydrogen (secondary N) is 1. The van der Waals surface area contributed by atoms with Crippen molar-refractivity contribution >= 4 is 58.5 Å². The molecule has 8 heteroatoms. The predicted molar refractivity (Wildman–Crippen MR) is 85.7 cm³/mol. The number of hydrogen-bond donors (Lipinski definition) is 3. The molecule has 0 fully saturated rings. The second-order valence-electron chi connectivity index (χ2n) is 4.43. The van der Waals surface area contributed by atoms with Crippen molar-refractivity contribution in [3.05, 3.63) is 48.0 Å². The van der Waals surface area contributed by atoms with Crippen LogP contribution >= 0.6 is 0 Å². The van der Waals surface area contributed by atoms with Gasteiger partial charge in [0.1, 0.15) is 11.3 Å². The Hall–Kier alpha value is -2.22. The number of nitrogens with zero attached hydrogens (tertiary/aromatic N) is 2. The van der Waals surface area contributed by atoms with Gasteiger partial charge in [0.25, 0.3) is 0 Å². The van der Waals surface area contributed by atoms with E-state index in [2.05, 4.69) is 15.5 Å². The molecular weight excluding hydrogens is 309 g/mol. The molecular formula is C15H13N3NaO4. The van der Waals surface area contributed by atoms with Crippen LogP contribution in [0.3, 0.4) is 0 Å². The average molecular weight is 322 g/mol. The van der Waals surface area contributed by atoms with Gasteiger partial charge in [-0.25, -0.2) is 4.79 Å². The van der Waals surface area contributed by atoms with Crippen LogP contribution in [0.15, 0.2) is 52.7 Å². The summed E-state index contributed by atoms with van der Waals surface area (Å²) in [5.74, 6) is -1.74. The largest absolute Gasteiger partial charge is 0.507 e. The van der Waals surface area contributed by atoms with E-state index < -0.39 is 5.97 Å². The molecule has 1 amide bonds. The maximum Gasteiger partial charge on any atom is 0.339 e. The van der Waals surface area contributed by atoms with E-state index in [1.54, 1.807) is 24.3 Å². The summed E-state index contributed by atoms with van der Waals surface area (Å²) in [4.78, 5) is 21.8. The number of benzene rings is 2. The van der Waals surface area contributed by atoms with Gasteiger partial charge in [-0.1, -0.05) is 0 Å². The first-order chi connectivity index (χ1) is 10.5. The summed E-state index contributed by atoms with van der Waals surface area (Å²) in [6.45, 7) is 1.42. The Labute approximate surface area is 154 Å². The molecule has 0 saturated carbocycles. The Morgan fingerprint density at radius 2 is 1.57 bits per heavy atom. The fraction of sp³-hybridized carbons (Fsp3) is 0.0667. The van der Waals surface area contributed by atoms with Crippen LogP contribution in [0.5, 0.6) is 5.75 Å². The van der Waals surface area contributed by atoms with Crippen LogP contribution in [0.1, 0.15) is 17.3 Å². The van der Waals surface area contributed by atoms with Gasteiger partial charge >= 0.3 is 5.97 Å². The van der Waals surface area contributed by atoms with E-state index in [0.29, 0.717) is 17.1 Å². The van der Waals surface area contributed by atoms with Crippen LogP contribution < -0.4 is 5.32 Å². The third-order valence-corrected chi connectivity index (χ3v) is 2.68. The van der Waals surface area contributed by atoms with Gasteiger partial charge in [0, 0.05) is 42.2 Å². The van der Waals surface area contributed by atoms with Crippen LogP contribution in [0, 0.1) is 0 Å². The fourth-order valence-corrected chi connectivity index (χ4v) is 1.69. The Morgan fingerprint density at radius 3 is 2.13 bits per heavy atom. The number of carboxylic acid groups (broad SMARTS) is 1. The average Bonchev–Trinajstić information content (AvgIpc) is 2.47. The SMILES string of the molecule is CC(=O)Nc1ccc(N=Nc2ccc(O)c(C(=O)O)c2)cc1.[Na]. The zero-order valence-corrected chi connectivity index (χ0v) is 14.6. The number of anilines is 1. The van der Waals surface area contributed by atoms with E-state index in [1.807, 2.05) is 0 Å². The minimum atomic E-state index is -1.24. The van der Waals surface area contributed by atoms with E-state index in [4.69, 9.17) is 5.11 Å². The van der Waals surface area contributed by atoms with Gasteiger partial charge in [0.15, 0.2) is 0 Å². The summed E-state index contributed by atoms with van der Waals surface area (Å²) >= 11 is 0. The molecule has 0 spiro atoms.